The summed E-state index contributed by atoms with van der Waals surface area (Å²) < 4.78 is 81.4. The van der Waals surface area contributed by atoms with Crippen molar-refractivity contribution in [3.05, 3.63) is 24.0 Å². The van der Waals surface area contributed by atoms with Gasteiger partial charge < -0.3 is 6.16 Å². The summed E-state index contributed by atoms with van der Waals surface area (Å²) in [5.41, 5.74) is 0. The first-order chi connectivity index (χ1) is 7.11. The van der Waals surface area contributed by atoms with E-state index in [1.54, 1.807) is 0 Å². The van der Waals surface area contributed by atoms with Gasteiger partial charge in [-0.25, -0.2) is 4.39 Å². The molecular formula is C7H5F4NaO4S. The van der Waals surface area contributed by atoms with E-state index in [-0.39, 0.29) is 31.0 Å². The number of hydrogen-bond acceptors (Lipinski definition) is 3. The molecule has 1 rings (SSSR count). The van der Waals surface area contributed by atoms with Crippen LogP contribution in [0.3, 0.4) is 0 Å². The molecule has 0 aliphatic carbocycles. The van der Waals surface area contributed by atoms with Gasteiger partial charge in [-0.3, -0.25) is 4.55 Å². The molecular weight excluding hydrogens is 279 g/mol. The van der Waals surface area contributed by atoms with Crippen LogP contribution in [0.25, 0.3) is 0 Å². The van der Waals surface area contributed by atoms with Gasteiger partial charge in [-0.1, -0.05) is 6.07 Å². The zero-order valence-electron chi connectivity index (χ0n) is 9.32. The molecule has 0 unspecified atom stereocenters. The second-order valence-electron chi connectivity index (χ2n) is 2.59. The fourth-order valence-corrected chi connectivity index (χ4v) is 1.62. The maximum Gasteiger partial charge on any atom is 1.00 e. The molecule has 0 bridgehead atoms. The number of alkyl halides is 3. The van der Waals surface area contributed by atoms with Gasteiger partial charge in [0.05, 0.1) is 0 Å². The Morgan fingerprint density at radius 1 is 1.29 bits per heavy atom. The van der Waals surface area contributed by atoms with E-state index in [0.717, 1.165) is 6.07 Å². The van der Waals surface area contributed by atoms with Crippen molar-refractivity contribution in [3.63, 3.8) is 0 Å². The van der Waals surface area contributed by atoms with Crippen molar-refractivity contribution in [3.8, 4) is 5.75 Å². The molecule has 0 aliphatic rings. The van der Waals surface area contributed by atoms with Gasteiger partial charge in [0.25, 0.3) is 0 Å². The second kappa shape index (κ2) is 5.53. The molecule has 0 radical (unpaired) electrons. The predicted octanol–water partition coefficient (Wildman–Crippen LogP) is -0.912. The minimum atomic E-state index is -5.19. The number of ether oxygens (including phenoxy) is 1. The molecule has 0 heterocycles. The maximum atomic E-state index is 12.9. The Hall–Kier alpha value is -0.350. The van der Waals surface area contributed by atoms with E-state index in [1.165, 1.54) is 0 Å². The molecule has 0 aliphatic heterocycles. The number of rotatable bonds is 2. The van der Waals surface area contributed by atoms with Crippen molar-refractivity contribution in [2.45, 2.75) is 11.3 Å². The molecule has 92 valence electrons. The number of halogens is 4. The summed E-state index contributed by atoms with van der Waals surface area (Å²) in [7, 11) is -5.14. The smallest absolute Gasteiger partial charge is 1.00 e. The van der Waals surface area contributed by atoms with E-state index in [9.17, 15) is 26.0 Å². The van der Waals surface area contributed by atoms with Gasteiger partial charge in [0.2, 0.25) is 0 Å². The molecule has 0 amide bonds. The van der Waals surface area contributed by atoms with E-state index in [4.69, 9.17) is 4.55 Å². The summed E-state index contributed by atoms with van der Waals surface area (Å²) in [5, 5.41) is 0. The van der Waals surface area contributed by atoms with Crippen molar-refractivity contribution >= 4 is 10.1 Å². The number of benzene rings is 1. The fourth-order valence-electron chi connectivity index (χ4n) is 0.944. The van der Waals surface area contributed by atoms with E-state index < -0.39 is 32.9 Å². The normalized spacial score (nSPS) is 11.8. The summed E-state index contributed by atoms with van der Waals surface area (Å²) in [6.07, 6.45) is -5.19. The minimum Gasteiger partial charge on any atom is -1.00 e. The third-order valence-electron chi connectivity index (χ3n) is 1.41. The van der Waals surface area contributed by atoms with Crippen molar-refractivity contribution in [1.82, 2.24) is 0 Å². The molecule has 1 aromatic carbocycles. The van der Waals surface area contributed by atoms with Gasteiger partial charge in [0, 0.05) is 0 Å². The molecule has 0 atom stereocenters. The first-order valence-electron chi connectivity index (χ1n) is 3.63. The Labute approximate surface area is 117 Å². The number of hydrogen-bond donors (Lipinski definition) is 1. The Balaban J connectivity index is 0. The summed E-state index contributed by atoms with van der Waals surface area (Å²) in [5.74, 6) is -2.86. The van der Waals surface area contributed by atoms with Crippen LogP contribution < -0.4 is 34.3 Å². The van der Waals surface area contributed by atoms with Gasteiger partial charge in [-0.15, -0.1) is 13.2 Å². The average Bonchev–Trinajstić information content (AvgIpc) is 1.97. The average molecular weight is 284 g/mol. The molecule has 4 nitrogen and oxygen atoms in total. The zero-order valence-corrected chi connectivity index (χ0v) is 11.1. The third-order valence-corrected chi connectivity index (χ3v) is 2.33. The van der Waals surface area contributed by atoms with Gasteiger partial charge in [0.15, 0.2) is 10.6 Å². The zero-order chi connectivity index (χ0) is 12.6. The molecule has 0 fully saturated rings. The predicted molar refractivity (Wildman–Crippen MR) is 44.0 cm³/mol. The van der Waals surface area contributed by atoms with E-state index in [0.29, 0.717) is 12.1 Å². The van der Waals surface area contributed by atoms with Crippen LogP contribution in [0.1, 0.15) is 1.43 Å². The van der Waals surface area contributed by atoms with Gasteiger partial charge in [-0.2, -0.15) is 8.42 Å². The van der Waals surface area contributed by atoms with Crippen LogP contribution in [0.4, 0.5) is 17.6 Å². The van der Waals surface area contributed by atoms with Gasteiger partial charge in [0.1, 0.15) is 5.82 Å². The molecule has 0 saturated heterocycles. The van der Waals surface area contributed by atoms with E-state index in [2.05, 4.69) is 4.74 Å². The third kappa shape index (κ3) is 4.80. The molecule has 17 heavy (non-hydrogen) atoms. The van der Waals surface area contributed by atoms with Crippen LogP contribution in [-0.4, -0.2) is 19.3 Å². The largest absolute Gasteiger partial charge is 1.00 e. The van der Waals surface area contributed by atoms with Gasteiger partial charge in [-0.05, 0) is 12.1 Å². The summed E-state index contributed by atoms with van der Waals surface area (Å²) >= 11 is 0. The first-order valence-corrected chi connectivity index (χ1v) is 5.07. The molecule has 1 N–H and O–H groups in total. The Morgan fingerprint density at radius 2 is 1.82 bits per heavy atom. The Kier molecular flexibility index (Phi) is 5.41. The molecule has 0 spiro atoms. The van der Waals surface area contributed by atoms with Crippen LogP contribution in [0, 0.1) is 5.82 Å². The van der Waals surface area contributed by atoms with E-state index in [1.807, 2.05) is 0 Å². The van der Waals surface area contributed by atoms with Crippen molar-refractivity contribution in [2.75, 3.05) is 0 Å². The SMILES string of the molecule is O=S(=O)(O)c1c(F)cccc1OC(F)(F)F.[H-].[Na+]. The van der Waals surface area contributed by atoms with Crippen LogP contribution in [0.15, 0.2) is 23.1 Å². The molecule has 10 heteroatoms. The van der Waals surface area contributed by atoms with Crippen LogP contribution in [0.5, 0.6) is 5.75 Å². The quantitative estimate of drug-likeness (QED) is 0.434. The molecule has 0 saturated carbocycles. The maximum absolute atomic E-state index is 12.9. The standard InChI is InChI=1S/C7H4F4O4S.Na.H/c8-4-2-1-3-5(15-7(9,10)11)6(4)16(12,13)14;;/h1-3H,(H,12,13,14);;/q;+1;-1. The Morgan fingerprint density at radius 3 is 2.24 bits per heavy atom. The minimum absolute atomic E-state index is 0. The first kappa shape index (κ1) is 16.6. The summed E-state index contributed by atoms with van der Waals surface area (Å²) in [6.45, 7) is 0. The second-order valence-corrected chi connectivity index (χ2v) is 3.95. The van der Waals surface area contributed by atoms with Gasteiger partial charge >= 0.3 is 46.0 Å². The summed E-state index contributed by atoms with van der Waals surface area (Å²) in [4.78, 5) is -1.55. The fraction of sp³-hybridized carbons (Fsp3) is 0.143. The molecule has 0 aromatic heterocycles. The molecule has 1 aromatic rings. The van der Waals surface area contributed by atoms with Crippen molar-refractivity contribution in [1.29, 1.82) is 0 Å². The summed E-state index contributed by atoms with van der Waals surface area (Å²) in [6, 6.07) is 1.96. The van der Waals surface area contributed by atoms with Crippen molar-refractivity contribution < 1.29 is 66.3 Å². The monoisotopic (exact) mass is 284 g/mol. The van der Waals surface area contributed by atoms with Crippen LogP contribution >= 0.6 is 0 Å². The van der Waals surface area contributed by atoms with E-state index >= 15 is 0 Å². The Bertz CT molecular complexity index is 505. The van der Waals surface area contributed by atoms with Crippen LogP contribution in [-0.2, 0) is 10.1 Å². The van der Waals surface area contributed by atoms with Crippen LogP contribution in [0.2, 0.25) is 0 Å². The topological polar surface area (TPSA) is 63.6 Å². The van der Waals surface area contributed by atoms with Crippen molar-refractivity contribution in [2.24, 2.45) is 0 Å².